The first-order valence-corrected chi connectivity index (χ1v) is 13.9. The van der Waals surface area contributed by atoms with Crippen LogP contribution in [0.5, 0.6) is 5.88 Å². The van der Waals surface area contributed by atoms with Gasteiger partial charge in [0.25, 0.3) is 0 Å². The minimum absolute atomic E-state index is 0.0329. The summed E-state index contributed by atoms with van der Waals surface area (Å²) in [7, 11) is 6.16. The van der Waals surface area contributed by atoms with Crippen LogP contribution in [0.25, 0.3) is 11.0 Å². The lowest BCUT2D eigenvalue weighted by Gasteiger charge is -2.70. The van der Waals surface area contributed by atoms with Crippen molar-refractivity contribution in [1.82, 2.24) is 19.9 Å². The molecule has 1 saturated heterocycles. The average molecular weight is 556 g/mol. The van der Waals surface area contributed by atoms with Gasteiger partial charge in [-0.25, -0.2) is 19.9 Å². The molecule has 1 aromatic carbocycles. The summed E-state index contributed by atoms with van der Waals surface area (Å²) in [4.78, 5) is 18.9. The fourth-order valence-corrected chi connectivity index (χ4v) is 6.77. The molecule has 3 aliphatic carbocycles. The lowest BCUT2D eigenvalue weighted by atomic mass is 9.33. The minimum Gasteiger partial charge on any atom is -0.473 e. The molecule has 0 unspecified atom stereocenters. The van der Waals surface area contributed by atoms with Gasteiger partial charge in [-0.05, 0) is 56.2 Å². The lowest BCUT2D eigenvalue weighted by molar-refractivity contribution is -0.337. The van der Waals surface area contributed by atoms with Gasteiger partial charge >= 0.3 is 6.18 Å². The molecule has 3 saturated carbocycles. The van der Waals surface area contributed by atoms with Gasteiger partial charge in [-0.3, -0.25) is 0 Å². The maximum atomic E-state index is 13.7. The van der Waals surface area contributed by atoms with E-state index in [1.54, 1.807) is 19.2 Å². The number of halogens is 3. The summed E-state index contributed by atoms with van der Waals surface area (Å²) in [6.45, 7) is 2.75. The third kappa shape index (κ3) is 4.47. The predicted molar refractivity (Wildman–Crippen MR) is 147 cm³/mol. The van der Waals surface area contributed by atoms with Crippen LogP contribution >= 0.6 is 0 Å². The SMILES string of the molecule is [B]c1cc2c(C34CC(C(F)(F)F)(C3)C4)nc([C@H]3CCO[C@@H](c4ccc(OCc5ccccc5)nc4)C3)nc2nc1C. The van der Waals surface area contributed by atoms with Gasteiger partial charge in [-0.1, -0.05) is 41.9 Å². The summed E-state index contributed by atoms with van der Waals surface area (Å²) in [5, 5.41) is 0.659. The van der Waals surface area contributed by atoms with E-state index < -0.39 is 17.0 Å². The van der Waals surface area contributed by atoms with Gasteiger partial charge in [-0.2, -0.15) is 13.2 Å². The highest BCUT2D eigenvalue weighted by atomic mass is 19.4. The molecule has 0 spiro atoms. The zero-order chi connectivity index (χ0) is 28.4. The molecule has 6 nitrogen and oxygen atoms in total. The molecule has 0 N–H and O–H groups in total. The average Bonchev–Trinajstić information content (AvgIpc) is 2.91. The molecular formula is C31H28BF3N4O2. The predicted octanol–water partition coefficient (Wildman–Crippen LogP) is 5.72. The quantitative estimate of drug-likeness (QED) is 0.283. The second-order valence-electron chi connectivity index (χ2n) is 11.8. The summed E-state index contributed by atoms with van der Waals surface area (Å²) in [6.07, 6.45) is -1.12. The van der Waals surface area contributed by atoms with Gasteiger partial charge < -0.3 is 9.47 Å². The molecule has 208 valence electrons. The maximum absolute atomic E-state index is 13.7. The van der Waals surface area contributed by atoms with Gasteiger partial charge in [0.2, 0.25) is 5.88 Å². The van der Waals surface area contributed by atoms with E-state index in [4.69, 9.17) is 27.3 Å². The van der Waals surface area contributed by atoms with Crippen LogP contribution in [-0.2, 0) is 16.8 Å². The normalized spacial score (nSPS) is 27.2. The van der Waals surface area contributed by atoms with Crippen LogP contribution in [0.4, 0.5) is 13.2 Å². The standard InChI is InChI=1S/C31H28BF3N4O2/c1-18-23(32)12-22-26(29-15-30(16-29,17-29)31(33,34)35)38-27(39-28(22)37-18)20-9-10-40-24(11-20)21-7-8-25(36-13-21)41-14-19-5-3-2-4-6-19/h2-8,12-13,20,24H,9-11,14-17H2,1H3/t20-,24+,29?,30?/m0/s1. The number of hydrogen-bond donors (Lipinski definition) is 0. The van der Waals surface area contributed by atoms with Gasteiger partial charge in [-0.15, -0.1) is 0 Å². The van der Waals surface area contributed by atoms with Crippen molar-refractivity contribution in [1.29, 1.82) is 0 Å². The maximum Gasteiger partial charge on any atom is 0.394 e. The number of rotatable bonds is 6. The van der Waals surface area contributed by atoms with E-state index in [0.29, 0.717) is 65.6 Å². The van der Waals surface area contributed by atoms with E-state index >= 15 is 0 Å². The number of benzene rings is 1. The molecule has 41 heavy (non-hydrogen) atoms. The van der Waals surface area contributed by atoms with E-state index in [-0.39, 0.29) is 31.3 Å². The van der Waals surface area contributed by atoms with Crippen molar-refractivity contribution in [3.63, 3.8) is 0 Å². The van der Waals surface area contributed by atoms with Gasteiger partial charge in [0.05, 0.1) is 17.2 Å². The first-order valence-electron chi connectivity index (χ1n) is 13.9. The summed E-state index contributed by atoms with van der Waals surface area (Å²) < 4.78 is 52.9. The molecule has 10 heteroatoms. The Labute approximate surface area is 237 Å². The fraction of sp³-hybridized carbons (Fsp3) is 0.419. The number of alkyl halides is 3. The van der Waals surface area contributed by atoms with Crippen LogP contribution in [0, 0.1) is 12.3 Å². The molecule has 4 heterocycles. The summed E-state index contributed by atoms with van der Waals surface area (Å²) in [5.41, 5.74) is 2.09. The summed E-state index contributed by atoms with van der Waals surface area (Å²) in [5.74, 6) is 1.11. The smallest absolute Gasteiger partial charge is 0.394 e. The third-order valence-electron chi connectivity index (χ3n) is 9.08. The number of fused-ring (bicyclic) bond motifs is 1. The minimum atomic E-state index is -4.20. The third-order valence-corrected chi connectivity index (χ3v) is 9.08. The summed E-state index contributed by atoms with van der Waals surface area (Å²) >= 11 is 0. The fourth-order valence-electron chi connectivity index (χ4n) is 6.77. The molecule has 8 rings (SSSR count). The molecule has 1 aliphatic heterocycles. The highest BCUT2D eigenvalue weighted by molar-refractivity contribution is 6.33. The van der Waals surface area contributed by atoms with Crippen molar-refractivity contribution >= 4 is 24.3 Å². The molecule has 4 aromatic rings. The molecule has 3 aromatic heterocycles. The Balaban J connectivity index is 1.13. The largest absolute Gasteiger partial charge is 0.473 e. The Morgan fingerprint density at radius 2 is 1.83 bits per heavy atom. The highest BCUT2D eigenvalue weighted by Crippen LogP contribution is 2.78. The van der Waals surface area contributed by atoms with E-state index in [1.165, 1.54) is 0 Å². The molecule has 4 aliphatic rings. The number of hydrogen-bond acceptors (Lipinski definition) is 6. The molecule has 0 amide bonds. The number of aryl methyl sites for hydroxylation is 1. The van der Waals surface area contributed by atoms with Crippen LogP contribution in [0.15, 0.2) is 54.7 Å². The number of ether oxygens (including phenoxy) is 2. The first kappa shape index (κ1) is 26.4. The van der Waals surface area contributed by atoms with Gasteiger partial charge in [0.15, 0.2) is 5.65 Å². The molecular weight excluding hydrogens is 528 g/mol. The van der Waals surface area contributed by atoms with Crippen LogP contribution < -0.4 is 10.2 Å². The first-order chi connectivity index (χ1) is 19.6. The van der Waals surface area contributed by atoms with Gasteiger partial charge in [0.1, 0.15) is 20.3 Å². The van der Waals surface area contributed by atoms with Crippen molar-refractivity contribution in [3.05, 3.63) is 83.1 Å². The van der Waals surface area contributed by atoms with Crippen LogP contribution in [0.3, 0.4) is 0 Å². The van der Waals surface area contributed by atoms with E-state index in [2.05, 4.69) is 9.97 Å². The zero-order valence-electron chi connectivity index (χ0n) is 22.6. The van der Waals surface area contributed by atoms with Crippen LogP contribution in [-0.4, -0.2) is 40.6 Å². The second-order valence-corrected chi connectivity index (χ2v) is 11.8. The summed E-state index contributed by atoms with van der Waals surface area (Å²) in [6, 6.07) is 15.5. The van der Waals surface area contributed by atoms with Crippen molar-refractivity contribution in [3.8, 4) is 5.88 Å². The molecule has 2 atom stereocenters. The Morgan fingerprint density at radius 3 is 2.54 bits per heavy atom. The van der Waals surface area contributed by atoms with E-state index in [0.717, 1.165) is 11.1 Å². The number of aromatic nitrogens is 4. The van der Waals surface area contributed by atoms with Crippen LogP contribution in [0.2, 0.25) is 0 Å². The van der Waals surface area contributed by atoms with Crippen molar-refractivity contribution in [2.24, 2.45) is 5.41 Å². The van der Waals surface area contributed by atoms with E-state index in [9.17, 15) is 13.2 Å². The van der Waals surface area contributed by atoms with E-state index in [1.807, 2.05) is 42.5 Å². The number of pyridine rings is 2. The second kappa shape index (κ2) is 9.51. The Morgan fingerprint density at radius 1 is 1.05 bits per heavy atom. The van der Waals surface area contributed by atoms with Gasteiger partial charge in [0, 0.05) is 41.3 Å². The number of nitrogens with zero attached hydrogens (tertiary/aromatic N) is 4. The topological polar surface area (TPSA) is 70.0 Å². The van der Waals surface area contributed by atoms with Crippen molar-refractivity contribution in [2.75, 3.05) is 6.61 Å². The molecule has 2 bridgehead atoms. The highest BCUT2D eigenvalue weighted by Gasteiger charge is 2.79. The lowest BCUT2D eigenvalue weighted by Crippen LogP contribution is -2.70. The van der Waals surface area contributed by atoms with Crippen molar-refractivity contribution < 1.29 is 22.6 Å². The van der Waals surface area contributed by atoms with Crippen molar-refractivity contribution in [2.45, 2.75) is 69.2 Å². The Bertz CT molecular complexity index is 1590. The monoisotopic (exact) mass is 556 g/mol. The molecule has 2 radical (unpaired) electrons. The Hall–Kier alpha value is -3.53. The zero-order valence-corrected chi connectivity index (χ0v) is 22.6. The molecule has 4 fully saturated rings. The van der Waals surface area contributed by atoms with Crippen LogP contribution in [0.1, 0.15) is 72.5 Å². The Kier molecular flexibility index (Phi) is 6.12.